The average Bonchev–Trinajstić information content (AvgIpc) is 3.37. The molecule has 0 saturated carbocycles. The van der Waals surface area contributed by atoms with Gasteiger partial charge in [-0.15, -0.1) is 5.10 Å². The summed E-state index contributed by atoms with van der Waals surface area (Å²) in [4.78, 5) is 36.4. The number of rotatable bonds is 8. The van der Waals surface area contributed by atoms with E-state index in [1.807, 2.05) is 23.6 Å². The van der Waals surface area contributed by atoms with E-state index in [0.717, 1.165) is 18.4 Å². The molecule has 162 valence electrons. The molecule has 0 atom stereocenters. The molecule has 2 N–H and O–H groups in total. The highest BCUT2D eigenvalue weighted by atomic mass is 35.5. The maximum absolute atomic E-state index is 12.5. The minimum Gasteiger partial charge on any atom is -0.322 e. The molecule has 0 aliphatic heterocycles. The Kier molecular flexibility index (Phi) is 6.28. The van der Waals surface area contributed by atoms with Crippen molar-refractivity contribution in [1.29, 1.82) is 0 Å². The summed E-state index contributed by atoms with van der Waals surface area (Å²) in [5.74, 6) is 1.80. The van der Waals surface area contributed by atoms with Crippen LogP contribution in [0.5, 0.6) is 0 Å². The molecule has 0 spiro atoms. The van der Waals surface area contributed by atoms with Gasteiger partial charge in [0.15, 0.2) is 17.0 Å². The molecule has 3 heterocycles. The van der Waals surface area contributed by atoms with E-state index in [4.69, 9.17) is 11.6 Å². The first-order valence-electron chi connectivity index (χ1n) is 10.0. The number of aromatic nitrogens is 7. The van der Waals surface area contributed by atoms with Gasteiger partial charge in [0.05, 0.1) is 5.75 Å². The summed E-state index contributed by atoms with van der Waals surface area (Å²) >= 11 is 7.35. The number of H-pyrrole nitrogens is 2. The van der Waals surface area contributed by atoms with E-state index < -0.39 is 11.2 Å². The largest absolute Gasteiger partial charge is 0.330 e. The fourth-order valence-electron chi connectivity index (χ4n) is 3.37. The second-order valence-corrected chi connectivity index (χ2v) is 8.35. The maximum Gasteiger partial charge on any atom is 0.330 e. The Morgan fingerprint density at radius 3 is 2.58 bits per heavy atom. The summed E-state index contributed by atoms with van der Waals surface area (Å²) < 4.78 is 3.39. The van der Waals surface area contributed by atoms with Crippen LogP contribution in [0.1, 0.15) is 32.5 Å². The first-order chi connectivity index (χ1) is 15.0. The lowest BCUT2D eigenvalue weighted by atomic mass is 10.2. The van der Waals surface area contributed by atoms with Crippen molar-refractivity contribution in [3.05, 3.63) is 56.0 Å². The molecule has 0 bridgehead atoms. The van der Waals surface area contributed by atoms with Crippen molar-refractivity contribution in [2.75, 3.05) is 0 Å². The highest BCUT2D eigenvalue weighted by Gasteiger charge is 2.18. The van der Waals surface area contributed by atoms with Gasteiger partial charge in [-0.3, -0.25) is 19.4 Å². The SMILES string of the molecule is CCCCn1c(=O)[nH]c(=O)c2c1nc(CSc1n[nH]c(-c3ccc(Cl)cc3)n1)n2CC. The number of thioether (sulfide) groups is 1. The molecule has 0 aliphatic rings. The summed E-state index contributed by atoms with van der Waals surface area (Å²) in [6.45, 7) is 5.07. The molecule has 3 aromatic heterocycles. The predicted octanol–water partition coefficient (Wildman–Crippen LogP) is 3.44. The van der Waals surface area contributed by atoms with Gasteiger partial charge < -0.3 is 4.57 Å². The highest BCUT2D eigenvalue weighted by Crippen LogP contribution is 2.24. The Balaban J connectivity index is 1.63. The summed E-state index contributed by atoms with van der Waals surface area (Å²) in [5.41, 5.74) is 0.895. The van der Waals surface area contributed by atoms with Crippen molar-refractivity contribution < 1.29 is 0 Å². The molecule has 4 rings (SSSR count). The van der Waals surface area contributed by atoms with Crippen LogP contribution in [0.25, 0.3) is 22.6 Å². The van der Waals surface area contributed by atoms with E-state index in [2.05, 4.69) is 32.1 Å². The van der Waals surface area contributed by atoms with Crippen LogP contribution in [-0.4, -0.2) is 34.3 Å². The summed E-state index contributed by atoms with van der Waals surface area (Å²) in [6, 6.07) is 7.34. The van der Waals surface area contributed by atoms with Crippen molar-refractivity contribution >= 4 is 34.5 Å². The number of halogens is 1. The van der Waals surface area contributed by atoms with E-state index in [1.54, 1.807) is 16.7 Å². The van der Waals surface area contributed by atoms with Crippen LogP contribution in [0.4, 0.5) is 0 Å². The van der Waals surface area contributed by atoms with Crippen molar-refractivity contribution in [1.82, 2.24) is 34.3 Å². The number of aryl methyl sites for hydroxylation is 2. The van der Waals surface area contributed by atoms with Crippen LogP contribution in [-0.2, 0) is 18.8 Å². The fourth-order valence-corrected chi connectivity index (χ4v) is 4.24. The lowest BCUT2D eigenvalue weighted by molar-refractivity contribution is 0.613. The summed E-state index contributed by atoms with van der Waals surface area (Å²) in [7, 11) is 0. The summed E-state index contributed by atoms with van der Waals surface area (Å²) in [5, 5.41) is 8.41. The second kappa shape index (κ2) is 9.11. The van der Waals surface area contributed by atoms with Crippen LogP contribution >= 0.6 is 23.4 Å². The third-order valence-corrected chi connectivity index (χ3v) is 6.02. The van der Waals surface area contributed by atoms with E-state index >= 15 is 0 Å². The smallest absolute Gasteiger partial charge is 0.322 e. The Bertz CT molecular complexity index is 1320. The van der Waals surface area contributed by atoms with Crippen molar-refractivity contribution in [3.8, 4) is 11.4 Å². The van der Waals surface area contributed by atoms with Gasteiger partial charge in [-0.05, 0) is 37.6 Å². The van der Waals surface area contributed by atoms with Crippen LogP contribution in [0.2, 0.25) is 5.02 Å². The van der Waals surface area contributed by atoms with Crippen molar-refractivity contribution in [2.24, 2.45) is 0 Å². The molecule has 0 amide bonds. The summed E-state index contributed by atoms with van der Waals surface area (Å²) in [6.07, 6.45) is 1.76. The lowest BCUT2D eigenvalue weighted by Crippen LogP contribution is -2.31. The number of benzene rings is 1. The number of imidazole rings is 1. The Labute approximate surface area is 186 Å². The maximum atomic E-state index is 12.5. The molecule has 0 aliphatic carbocycles. The third kappa shape index (κ3) is 4.31. The number of fused-ring (bicyclic) bond motifs is 1. The normalized spacial score (nSPS) is 11.5. The van der Waals surface area contributed by atoms with Gasteiger partial charge in [0.2, 0.25) is 5.16 Å². The molecule has 1 aromatic carbocycles. The molecular formula is C20H22ClN7O2S. The van der Waals surface area contributed by atoms with Crippen LogP contribution in [0.15, 0.2) is 39.0 Å². The van der Waals surface area contributed by atoms with Gasteiger partial charge in [-0.1, -0.05) is 36.7 Å². The van der Waals surface area contributed by atoms with Gasteiger partial charge >= 0.3 is 5.69 Å². The molecule has 0 saturated heterocycles. The molecule has 31 heavy (non-hydrogen) atoms. The fraction of sp³-hybridized carbons (Fsp3) is 0.350. The topological polar surface area (TPSA) is 114 Å². The van der Waals surface area contributed by atoms with Crippen LogP contribution in [0, 0.1) is 0 Å². The minimum absolute atomic E-state index is 0.415. The number of nitrogens with zero attached hydrogens (tertiary/aromatic N) is 5. The molecular weight excluding hydrogens is 438 g/mol. The molecule has 0 radical (unpaired) electrons. The average molecular weight is 460 g/mol. The molecule has 0 unspecified atom stereocenters. The first-order valence-corrected chi connectivity index (χ1v) is 11.4. The van der Waals surface area contributed by atoms with Crippen molar-refractivity contribution in [2.45, 2.75) is 50.7 Å². The van der Waals surface area contributed by atoms with E-state index in [-0.39, 0.29) is 0 Å². The van der Waals surface area contributed by atoms with Crippen molar-refractivity contribution in [3.63, 3.8) is 0 Å². The standard InChI is InChI=1S/C20H22ClN7O2S/c1-3-5-10-28-17-15(18(29)24-20(28)30)27(4-2)14(22-17)11-31-19-23-16(25-26-19)12-6-8-13(21)9-7-12/h6-9H,3-5,10-11H2,1-2H3,(H,23,25,26)(H,24,29,30). The van der Waals surface area contributed by atoms with Crippen LogP contribution < -0.4 is 11.2 Å². The minimum atomic E-state index is -0.424. The Hall–Kier alpha value is -2.85. The molecule has 11 heteroatoms. The molecule has 9 nitrogen and oxygen atoms in total. The van der Waals surface area contributed by atoms with Crippen LogP contribution in [0.3, 0.4) is 0 Å². The Morgan fingerprint density at radius 2 is 1.87 bits per heavy atom. The quantitative estimate of drug-likeness (QED) is 0.390. The van der Waals surface area contributed by atoms with Gasteiger partial charge in [-0.2, -0.15) is 0 Å². The number of aromatic amines is 2. The molecule has 4 aromatic rings. The first kappa shape index (κ1) is 21.4. The molecule has 0 fully saturated rings. The highest BCUT2D eigenvalue weighted by molar-refractivity contribution is 7.98. The number of unbranched alkanes of at least 4 members (excludes halogenated alkanes) is 1. The second-order valence-electron chi connectivity index (χ2n) is 6.97. The Morgan fingerprint density at radius 1 is 1.10 bits per heavy atom. The third-order valence-electron chi connectivity index (χ3n) is 4.93. The number of nitrogens with one attached hydrogen (secondary N) is 2. The lowest BCUT2D eigenvalue weighted by Gasteiger charge is -2.06. The van der Waals surface area contributed by atoms with E-state index in [1.165, 1.54) is 11.8 Å². The van der Waals surface area contributed by atoms with Gasteiger partial charge in [0.1, 0.15) is 5.82 Å². The van der Waals surface area contributed by atoms with Gasteiger partial charge in [-0.25, -0.2) is 14.8 Å². The van der Waals surface area contributed by atoms with E-state index in [0.29, 0.717) is 51.8 Å². The monoisotopic (exact) mass is 459 g/mol. The predicted molar refractivity (Wildman–Crippen MR) is 122 cm³/mol. The van der Waals surface area contributed by atoms with Gasteiger partial charge in [0, 0.05) is 23.7 Å². The zero-order valence-electron chi connectivity index (χ0n) is 17.2. The zero-order chi connectivity index (χ0) is 22.0. The number of hydrogen-bond acceptors (Lipinski definition) is 6. The van der Waals surface area contributed by atoms with Gasteiger partial charge in [0.25, 0.3) is 5.56 Å². The zero-order valence-corrected chi connectivity index (χ0v) is 18.8. The van der Waals surface area contributed by atoms with E-state index in [9.17, 15) is 9.59 Å². The number of hydrogen-bond donors (Lipinski definition) is 2.